The summed E-state index contributed by atoms with van der Waals surface area (Å²) in [6.45, 7) is 7.51. The number of anilines is 2. The predicted molar refractivity (Wildman–Crippen MR) is 95.6 cm³/mol. The lowest BCUT2D eigenvalue weighted by Crippen LogP contribution is -2.46. The van der Waals surface area contributed by atoms with E-state index in [1.165, 1.54) is 0 Å². The van der Waals surface area contributed by atoms with E-state index in [0.29, 0.717) is 23.4 Å². The molecule has 0 spiro atoms. The fourth-order valence-electron chi connectivity index (χ4n) is 2.92. The summed E-state index contributed by atoms with van der Waals surface area (Å²) < 4.78 is 5.87. The van der Waals surface area contributed by atoms with Crippen LogP contribution in [-0.4, -0.2) is 31.2 Å². The van der Waals surface area contributed by atoms with Crippen molar-refractivity contribution in [2.24, 2.45) is 5.92 Å². The molecule has 126 valence electrons. The average Bonchev–Trinajstić information content (AvgIpc) is 2.97. The standard InChI is InChI=1S/C18H21ClN4O/c1-13(2)10-17-21-16(12-20)18(24-17)23-8-6-22(7-9-23)15-5-3-4-14(19)11-15/h3-5,11,13H,6-10H2,1-2H3. The van der Waals surface area contributed by atoms with Gasteiger partial charge in [0.25, 0.3) is 0 Å². The molecule has 5 nitrogen and oxygen atoms in total. The van der Waals surface area contributed by atoms with E-state index < -0.39 is 0 Å². The van der Waals surface area contributed by atoms with Crippen molar-refractivity contribution in [1.82, 2.24) is 4.98 Å². The molecule has 3 rings (SSSR count). The summed E-state index contributed by atoms with van der Waals surface area (Å²) in [5, 5.41) is 10.1. The van der Waals surface area contributed by atoms with Gasteiger partial charge in [0.15, 0.2) is 5.89 Å². The van der Waals surface area contributed by atoms with Gasteiger partial charge in [0.1, 0.15) is 6.07 Å². The first-order valence-corrected chi connectivity index (χ1v) is 8.60. The number of piperazine rings is 1. The molecule has 6 heteroatoms. The van der Waals surface area contributed by atoms with E-state index in [1.54, 1.807) is 0 Å². The summed E-state index contributed by atoms with van der Waals surface area (Å²) in [6.07, 6.45) is 0.747. The van der Waals surface area contributed by atoms with E-state index in [0.717, 1.165) is 43.3 Å². The van der Waals surface area contributed by atoms with Crippen LogP contribution >= 0.6 is 11.6 Å². The van der Waals surface area contributed by atoms with Gasteiger partial charge >= 0.3 is 0 Å². The molecular formula is C18H21ClN4O. The number of nitrogens with zero attached hydrogens (tertiary/aromatic N) is 4. The third-order valence-corrected chi connectivity index (χ3v) is 4.32. The molecule has 1 aromatic heterocycles. The molecule has 0 radical (unpaired) electrons. The monoisotopic (exact) mass is 344 g/mol. The number of oxazole rings is 1. The Bertz CT molecular complexity index is 742. The van der Waals surface area contributed by atoms with E-state index in [9.17, 15) is 5.26 Å². The Morgan fingerprint density at radius 3 is 2.58 bits per heavy atom. The molecule has 1 saturated heterocycles. The smallest absolute Gasteiger partial charge is 0.234 e. The van der Waals surface area contributed by atoms with Gasteiger partial charge in [-0.1, -0.05) is 31.5 Å². The second kappa shape index (κ2) is 7.14. The van der Waals surface area contributed by atoms with Crippen molar-refractivity contribution in [3.8, 4) is 6.07 Å². The van der Waals surface area contributed by atoms with Crippen molar-refractivity contribution in [3.63, 3.8) is 0 Å². The maximum atomic E-state index is 9.33. The zero-order valence-electron chi connectivity index (χ0n) is 14.0. The molecule has 0 N–H and O–H groups in total. The van der Waals surface area contributed by atoms with Gasteiger partial charge in [-0.05, 0) is 24.1 Å². The first kappa shape index (κ1) is 16.7. The lowest BCUT2D eigenvalue weighted by molar-refractivity contribution is 0.448. The lowest BCUT2D eigenvalue weighted by atomic mass is 10.1. The Kier molecular flexibility index (Phi) is 4.96. The van der Waals surface area contributed by atoms with Gasteiger partial charge in [0, 0.05) is 43.3 Å². The zero-order valence-corrected chi connectivity index (χ0v) is 14.8. The van der Waals surface area contributed by atoms with Crippen molar-refractivity contribution < 1.29 is 4.42 Å². The van der Waals surface area contributed by atoms with Gasteiger partial charge in [-0.15, -0.1) is 0 Å². The maximum absolute atomic E-state index is 9.33. The molecule has 0 amide bonds. The van der Waals surface area contributed by atoms with Gasteiger partial charge in [-0.2, -0.15) is 5.26 Å². The summed E-state index contributed by atoms with van der Waals surface area (Å²) in [5.41, 5.74) is 1.52. The van der Waals surface area contributed by atoms with Crippen LogP contribution < -0.4 is 9.80 Å². The van der Waals surface area contributed by atoms with E-state index in [1.807, 2.05) is 18.2 Å². The number of halogens is 1. The fraction of sp³-hybridized carbons (Fsp3) is 0.444. The third kappa shape index (κ3) is 3.65. The second-order valence-corrected chi connectivity index (χ2v) is 6.86. The molecule has 1 aromatic carbocycles. The number of benzene rings is 1. The molecule has 2 heterocycles. The van der Waals surface area contributed by atoms with E-state index >= 15 is 0 Å². The molecule has 0 unspecified atom stereocenters. The second-order valence-electron chi connectivity index (χ2n) is 6.43. The molecule has 2 aromatic rings. The van der Waals surface area contributed by atoms with Gasteiger partial charge in [0.05, 0.1) is 0 Å². The van der Waals surface area contributed by atoms with E-state index in [4.69, 9.17) is 16.0 Å². The number of hydrogen-bond donors (Lipinski definition) is 0. The normalized spacial score (nSPS) is 15.0. The number of aromatic nitrogens is 1. The molecule has 0 aliphatic carbocycles. The largest absolute Gasteiger partial charge is 0.424 e. The van der Waals surface area contributed by atoms with Crippen molar-refractivity contribution >= 4 is 23.2 Å². The molecule has 1 aliphatic heterocycles. The number of rotatable bonds is 4. The van der Waals surface area contributed by atoms with E-state index in [-0.39, 0.29) is 0 Å². The van der Waals surface area contributed by atoms with Crippen LogP contribution in [0.5, 0.6) is 0 Å². The molecule has 0 saturated carbocycles. The molecule has 1 fully saturated rings. The topological polar surface area (TPSA) is 56.3 Å². The minimum Gasteiger partial charge on any atom is -0.424 e. The van der Waals surface area contributed by atoms with Crippen LogP contribution in [-0.2, 0) is 6.42 Å². The quantitative estimate of drug-likeness (QED) is 0.846. The van der Waals surface area contributed by atoms with Crippen molar-refractivity contribution in [2.45, 2.75) is 20.3 Å². The zero-order chi connectivity index (χ0) is 17.1. The summed E-state index contributed by atoms with van der Waals surface area (Å²) in [7, 11) is 0. The highest BCUT2D eigenvalue weighted by atomic mass is 35.5. The Labute approximate surface area is 147 Å². The summed E-state index contributed by atoms with van der Waals surface area (Å²) in [4.78, 5) is 8.73. The van der Waals surface area contributed by atoms with Gasteiger partial charge in [-0.3, -0.25) is 0 Å². The number of hydrogen-bond acceptors (Lipinski definition) is 5. The Morgan fingerprint density at radius 2 is 1.96 bits per heavy atom. The van der Waals surface area contributed by atoms with Crippen LogP contribution in [0.1, 0.15) is 25.4 Å². The highest BCUT2D eigenvalue weighted by Crippen LogP contribution is 2.26. The SMILES string of the molecule is CC(C)Cc1nc(C#N)c(N2CCN(c3cccc(Cl)c3)CC2)o1. The number of nitriles is 1. The van der Waals surface area contributed by atoms with Crippen LogP contribution in [0, 0.1) is 17.2 Å². The highest BCUT2D eigenvalue weighted by molar-refractivity contribution is 6.30. The Hall–Kier alpha value is -2.19. The van der Waals surface area contributed by atoms with Crippen molar-refractivity contribution in [3.05, 3.63) is 40.9 Å². The van der Waals surface area contributed by atoms with Crippen molar-refractivity contribution in [2.75, 3.05) is 36.0 Å². The summed E-state index contributed by atoms with van der Waals surface area (Å²) in [6, 6.07) is 10.1. The molecule has 0 atom stereocenters. The van der Waals surface area contributed by atoms with Crippen LogP contribution in [0.4, 0.5) is 11.6 Å². The van der Waals surface area contributed by atoms with Crippen LogP contribution in [0.25, 0.3) is 0 Å². The highest BCUT2D eigenvalue weighted by Gasteiger charge is 2.24. The molecular weight excluding hydrogens is 324 g/mol. The first-order valence-electron chi connectivity index (χ1n) is 8.22. The van der Waals surface area contributed by atoms with Gasteiger partial charge in [-0.25, -0.2) is 4.98 Å². The van der Waals surface area contributed by atoms with Gasteiger partial charge < -0.3 is 14.2 Å². The minimum absolute atomic E-state index is 0.391. The average molecular weight is 345 g/mol. The Morgan fingerprint density at radius 1 is 1.25 bits per heavy atom. The van der Waals surface area contributed by atoms with Crippen molar-refractivity contribution in [1.29, 1.82) is 5.26 Å². The fourth-order valence-corrected chi connectivity index (χ4v) is 3.10. The molecule has 0 bridgehead atoms. The van der Waals surface area contributed by atoms with Crippen LogP contribution in [0.3, 0.4) is 0 Å². The minimum atomic E-state index is 0.391. The lowest BCUT2D eigenvalue weighted by Gasteiger charge is -2.36. The molecule has 24 heavy (non-hydrogen) atoms. The summed E-state index contributed by atoms with van der Waals surface area (Å²) >= 11 is 6.08. The van der Waals surface area contributed by atoms with Crippen LogP contribution in [0.2, 0.25) is 5.02 Å². The maximum Gasteiger partial charge on any atom is 0.234 e. The van der Waals surface area contributed by atoms with E-state index in [2.05, 4.69) is 40.8 Å². The van der Waals surface area contributed by atoms with Crippen LogP contribution in [0.15, 0.2) is 28.7 Å². The summed E-state index contributed by atoms with van der Waals surface area (Å²) in [5.74, 6) is 1.70. The molecule has 1 aliphatic rings. The Balaban J connectivity index is 1.70. The third-order valence-electron chi connectivity index (χ3n) is 4.08. The van der Waals surface area contributed by atoms with Gasteiger partial charge in [0.2, 0.25) is 11.6 Å². The first-order chi connectivity index (χ1) is 11.6. The predicted octanol–water partition coefficient (Wildman–Crippen LogP) is 3.72.